The highest BCUT2D eigenvalue weighted by Crippen LogP contribution is 2.29. The van der Waals surface area contributed by atoms with E-state index in [4.69, 9.17) is 16.7 Å². The number of phenolic OH excluding ortho intramolecular Hbond substituents is 1. The summed E-state index contributed by atoms with van der Waals surface area (Å²) in [5.74, 6) is -0.871. The third-order valence-electron chi connectivity index (χ3n) is 2.31. The summed E-state index contributed by atoms with van der Waals surface area (Å²) in [5, 5.41) is 20.3. The smallest absolute Gasteiger partial charge is 0.307 e. The van der Waals surface area contributed by atoms with Crippen LogP contribution in [0.2, 0.25) is 5.02 Å². The van der Waals surface area contributed by atoms with Crippen LogP contribution in [-0.4, -0.2) is 16.2 Å². The SMILES string of the molecule is O=C(O)Cc1cc(O)c2cc(Cl)ccc2c1. The van der Waals surface area contributed by atoms with Crippen molar-refractivity contribution in [1.29, 1.82) is 0 Å². The summed E-state index contributed by atoms with van der Waals surface area (Å²) in [7, 11) is 0. The fourth-order valence-corrected chi connectivity index (χ4v) is 1.82. The number of rotatable bonds is 2. The molecule has 4 heteroatoms. The average molecular weight is 237 g/mol. The number of carbonyl (C=O) groups is 1. The van der Waals surface area contributed by atoms with E-state index >= 15 is 0 Å². The van der Waals surface area contributed by atoms with Gasteiger partial charge in [0.25, 0.3) is 0 Å². The zero-order chi connectivity index (χ0) is 11.7. The van der Waals surface area contributed by atoms with E-state index < -0.39 is 5.97 Å². The van der Waals surface area contributed by atoms with Crippen molar-refractivity contribution in [2.24, 2.45) is 0 Å². The van der Waals surface area contributed by atoms with E-state index in [1.165, 1.54) is 6.07 Å². The molecule has 16 heavy (non-hydrogen) atoms. The maximum atomic E-state index is 10.6. The fourth-order valence-electron chi connectivity index (χ4n) is 1.65. The molecule has 0 amide bonds. The summed E-state index contributed by atoms with van der Waals surface area (Å²) in [6.07, 6.45) is -0.105. The molecule has 0 bridgehead atoms. The molecule has 0 unspecified atom stereocenters. The molecule has 82 valence electrons. The van der Waals surface area contributed by atoms with Crippen molar-refractivity contribution in [2.45, 2.75) is 6.42 Å². The molecule has 0 saturated carbocycles. The third-order valence-corrected chi connectivity index (χ3v) is 2.54. The summed E-state index contributed by atoms with van der Waals surface area (Å²) < 4.78 is 0. The number of carboxylic acid groups (broad SMARTS) is 1. The van der Waals surface area contributed by atoms with Crippen molar-refractivity contribution >= 4 is 28.3 Å². The lowest BCUT2D eigenvalue weighted by Gasteiger charge is -2.05. The van der Waals surface area contributed by atoms with Crippen LogP contribution in [0, 0.1) is 0 Å². The molecule has 0 saturated heterocycles. The van der Waals surface area contributed by atoms with Crippen molar-refractivity contribution in [2.75, 3.05) is 0 Å². The van der Waals surface area contributed by atoms with Gasteiger partial charge in [0.05, 0.1) is 6.42 Å². The Hall–Kier alpha value is -1.74. The molecule has 0 atom stereocenters. The molecule has 0 aliphatic heterocycles. The van der Waals surface area contributed by atoms with Crippen molar-refractivity contribution in [3.63, 3.8) is 0 Å². The lowest BCUT2D eigenvalue weighted by Crippen LogP contribution is -1.99. The number of halogens is 1. The topological polar surface area (TPSA) is 57.5 Å². The number of aromatic hydroxyl groups is 1. The summed E-state index contributed by atoms with van der Waals surface area (Å²) in [5.41, 5.74) is 0.569. The number of carboxylic acids is 1. The molecule has 0 aliphatic rings. The molecular formula is C12H9ClO3. The van der Waals surface area contributed by atoms with Gasteiger partial charge in [-0.15, -0.1) is 0 Å². The van der Waals surface area contributed by atoms with E-state index in [1.807, 2.05) is 0 Å². The normalized spacial score (nSPS) is 10.6. The Bertz CT molecular complexity index is 563. The van der Waals surface area contributed by atoms with Crippen LogP contribution in [-0.2, 0) is 11.2 Å². The molecule has 0 heterocycles. The van der Waals surface area contributed by atoms with Gasteiger partial charge in [-0.25, -0.2) is 0 Å². The van der Waals surface area contributed by atoms with Crippen molar-refractivity contribution in [3.05, 3.63) is 40.9 Å². The van der Waals surface area contributed by atoms with Crippen LogP contribution in [0.1, 0.15) is 5.56 Å². The van der Waals surface area contributed by atoms with E-state index in [9.17, 15) is 9.90 Å². The zero-order valence-electron chi connectivity index (χ0n) is 8.27. The summed E-state index contributed by atoms with van der Waals surface area (Å²) in [6, 6.07) is 8.29. The highest BCUT2D eigenvalue weighted by Gasteiger charge is 2.06. The standard InChI is InChI=1S/C12H9ClO3/c13-9-2-1-8-3-7(5-12(15)16)4-11(14)10(8)6-9/h1-4,6,14H,5H2,(H,15,16). The van der Waals surface area contributed by atoms with Crippen molar-refractivity contribution in [1.82, 2.24) is 0 Å². The zero-order valence-corrected chi connectivity index (χ0v) is 9.03. The monoisotopic (exact) mass is 236 g/mol. The first-order chi connectivity index (χ1) is 7.56. The Morgan fingerprint density at radius 2 is 2.00 bits per heavy atom. The predicted octanol–water partition coefficient (Wildman–Crippen LogP) is 2.83. The van der Waals surface area contributed by atoms with Gasteiger partial charge < -0.3 is 10.2 Å². The Labute approximate surface area is 96.9 Å². The van der Waals surface area contributed by atoms with Crippen LogP contribution in [0.15, 0.2) is 30.3 Å². The number of fused-ring (bicyclic) bond motifs is 1. The molecule has 0 aliphatic carbocycles. The Morgan fingerprint density at radius 1 is 1.25 bits per heavy atom. The summed E-state index contributed by atoms with van der Waals surface area (Å²) in [6.45, 7) is 0. The fraction of sp³-hybridized carbons (Fsp3) is 0.0833. The minimum Gasteiger partial charge on any atom is -0.507 e. The molecule has 2 aromatic rings. The van der Waals surface area contributed by atoms with Crippen LogP contribution in [0.3, 0.4) is 0 Å². The van der Waals surface area contributed by atoms with Gasteiger partial charge >= 0.3 is 5.97 Å². The molecule has 0 fully saturated rings. The van der Waals surface area contributed by atoms with Gasteiger partial charge in [-0.2, -0.15) is 0 Å². The molecule has 2 aromatic carbocycles. The van der Waals surface area contributed by atoms with E-state index in [1.54, 1.807) is 24.3 Å². The molecule has 0 radical (unpaired) electrons. The van der Waals surface area contributed by atoms with Crippen LogP contribution in [0.5, 0.6) is 5.75 Å². The highest BCUT2D eigenvalue weighted by molar-refractivity contribution is 6.31. The van der Waals surface area contributed by atoms with Crippen LogP contribution >= 0.6 is 11.6 Å². The first-order valence-corrected chi connectivity index (χ1v) is 5.07. The summed E-state index contributed by atoms with van der Waals surface area (Å²) in [4.78, 5) is 10.6. The Balaban J connectivity index is 2.59. The van der Waals surface area contributed by atoms with Gasteiger partial charge in [0.2, 0.25) is 0 Å². The van der Waals surface area contributed by atoms with Gasteiger partial charge in [-0.1, -0.05) is 23.7 Å². The molecule has 3 nitrogen and oxygen atoms in total. The summed E-state index contributed by atoms with van der Waals surface area (Å²) >= 11 is 5.81. The van der Waals surface area contributed by atoms with E-state index in [2.05, 4.69) is 0 Å². The second-order valence-corrected chi connectivity index (χ2v) is 3.99. The maximum Gasteiger partial charge on any atom is 0.307 e. The quantitative estimate of drug-likeness (QED) is 0.843. The second-order valence-electron chi connectivity index (χ2n) is 3.55. The van der Waals surface area contributed by atoms with Gasteiger partial charge in [0.15, 0.2) is 0 Å². The number of aliphatic carboxylic acids is 1. The first kappa shape index (κ1) is 10.8. The van der Waals surface area contributed by atoms with Crippen LogP contribution in [0.25, 0.3) is 10.8 Å². The molecule has 0 aromatic heterocycles. The number of hydrogen-bond acceptors (Lipinski definition) is 2. The Morgan fingerprint density at radius 3 is 2.69 bits per heavy atom. The van der Waals surface area contributed by atoms with Gasteiger partial charge in [-0.3, -0.25) is 4.79 Å². The number of phenols is 1. The predicted molar refractivity (Wildman–Crippen MR) is 62.0 cm³/mol. The van der Waals surface area contributed by atoms with Crippen LogP contribution in [0.4, 0.5) is 0 Å². The van der Waals surface area contributed by atoms with Crippen molar-refractivity contribution in [3.8, 4) is 5.75 Å². The first-order valence-electron chi connectivity index (χ1n) is 4.69. The minimum atomic E-state index is -0.923. The molecule has 0 spiro atoms. The van der Waals surface area contributed by atoms with Gasteiger partial charge in [0, 0.05) is 10.4 Å². The van der Waals surface area contributed by atoms with Gasteiger partial charge in [-0.05, 0) is 29.1 Å². The number of hydrogen-bond donors (Lipinski definition) is 2. The van der Waals surface area contributed by atoms with Crippen molar-refractivity contribution < 1.29 is 15.0 Å². The Kier molecular flexibility index (Phi) is 2.71. The van der Waals surface area contributed by atoms with Gasteiger partial charge in [0.1, 0.15) is 5.75 Å². The lowest BCUT2D eigenvalue weighted by molar-refractivity contribution is -0.136. The largest absolute Gasteiger partial charge is 0.507 e. The van der Waals surface area contributed by atoms with E-state index in [0.29, 0.717) is 16.0 Å². The maximum absolute atomic E-state index is 10.6. The lowest BCUT2D eigenvalue weighted by atomic mass is 10.0. The average Bonchev–Trinajstić information content (AvgIpc) is 2.18. The third kappa shape index (κ3) is 2.09. The van der Waals surface area contributed by atoms with Crippen LogP contribution < -0.4 is 0 Å². The molecular weight excluding hydrogens is 228 g/mol. The highest BCUT2D eigenvalue weighted by atomic mass is 35.5. The molecule has 2 rings (SSSR count). The van der Waals surface area contributed by atoms with E-state index in [-0.39, 0.29) is 12.2 Å². The van der Waals surface area contributed by atoms with E-state index in [0.717, 1.165) is 5.39 Å². The second kappa shape index (κ2) is 4.02. The number of benzene rings is 2. The minimum absolute atomic E-state index is 0.0521. The molecule has 2 N–H and O–H groups in total.